The number of rotatable bonds is 3. The highest BCUT2D eigenvalue weighted by Crippen LogP contribution is 2.28. The molecular formula is C17H18O. The first-order valence-electron chi connectivity index (χ1n) is 6.47. The van der Waals surface area contributed by atoms with Crippen molar-refractivity contribution in [1.82, 2.24) is 0 Å². The van der Waals surface area contributed by atoms with Crippen LogP contribution in [0.25, 0.3) is 5.57 Å². The fourth-order valence-corrected chi connectivity index (χ4v) is 2.33. The molecule has 0 spiro atoms. The van der Waals surface area contributed by atoms with E-state index in [-0.39, 0.29) is 5.78 Å². The fourth-order valence-electron chi connectivity index (χ4n) is 2.33. The Bertz CT molecular complexity index is 526. The normalized spacial score (nSPS) is 14.1. The maximum atomic E-state index is 11.2. The smallest absolute Gasteiger partial charge is 0.178 e. The minimum absolute atomic E-state index is 0.0676. The molecule has 1 aliphatic carbocycles. The van der Waals surface area contributed by atoms with Crippen molar-refractivity contribution in [2.75, 3.05) is 0 Å². The highest BCUT2D eigenvalue weighted by atomic mass is 16.1. The lowest BCUT2D eigenvalue weighted by atomic mass is 9.91. The van der Waals surface area contributed by atoms with Crippen molar-refractivity contribution in [3.8, 4) is 0 Å². The van der Waals surface area contributed by atoms with Gasteiger partial charge in [0, 0.05) is 0 Å². The maximum absolute atomic E-state index is 11.2. The van der Waals surface area contributed by atoms with E-state index < -0.39 is 0 Å². The van der Waals surface area contributed by atoms with Gasteiger partial charge in [-0.05, 0) is 47.3 Å². The summed E-state index contributed by atoms with van der Waals surface area (Å²) in [5.74, 6) is 0.0676. The Morgan fingerprint density at radius 2 is 1.67 bits per heavy atom. The first-order chi connectivity index (χ1) is 8.76. The van der Waals surface area contributed by atoms with Crippen LogP contribution in [0.1, 0.15) is 31.4 Å². The zero-order valence-corrected chi connectivity index (χ0v) is 10.9. The molecule has 0 bridgehead atoms. The third kappa shape index (κ3) is 2.51. The summed E-state index contributed by atoms with van der Waals surface area (Å²) in [5.41, 5.74) is 5.13. The molecule has 0 saturated carbocycles. The molecule has 0 fully saturated rings. The molecule has 0 heterocycles. The molecule has 1 nitrogen and oxygen atoms in total. The van der Waals surface area contributed by atoms with Crippen LogP contribution in [0.2, 0.25) is 0 Å². The zero-order valence-electron chi connectivity index (χ0n) is 10.9. The van der Waals surface area contributed by atoms with Gasteiger partial charge in [0.1, 0.15) is 0 Å². The van der Waals surface area contributed by atoms with Crippen molar-refractivity contribution < 1.29 is 4.79 Å². The van der Waals surface area contributed by atoms with Crippen molar-refractivity contribution in [3.63, 3.8) is 0 Å². The van der Waals surface area contributed by atoms with E-state index in [9.17, 15) is 4.79 Å². The van der Waals surface area contributed by atoms with Crippen LogP contribution in [0.3, 0.4) is 0 Å². The summed E-state index contributed by atoms with van der Waals surface area (Å²) in [6, 6.07) is 8.50. The Balaban J connectivity index is 2.52. The Labute approximate surface area is 109 Å². The van der Waals surface area contributed by atoms with Gasteiger partial charge >= 0.3 is 0 Å². The minimum atomic E-state index is 0.0676. The monoisotopic (exact) mass is 238 g/mol. The Morgan fingerprint density at radius 1 is 1.00 bits per heavy atom. The van der Waals surface area contributed by atoms with Gasteiger partial charge in [0.2, 0.25) is 0 Å². The van der Waals surface area contributed by atoms with E-state index in [1.54, 1.807) is 12.2 Å². The summed E-state index contributed by atoms with van der Waals surface area (Å²) >= 11 is 0. The SMILES string of the molecule is CCC(=C1C=CC(=O)C=C1)c1ccccc1CC. The number of ketones is 1. The minimum Gasteiger partial charge on any atom is -0.290 e. The van der Waals surface area contributed by atoms with E-state index >= 15 is 0 Å². The van der Waals surface area contributed by atoms with E-state index in [4.69, 9.17) is 0 Å². The van der Waals surface area contributed by atoms with Crippen LogP contribution in [0.4, 0.5) is 0 Å². The fraction of sp³-hybridized carbons (Fsp3) is 0.235. The molecule has 1 aliphatic rings. The van der Waals surface area contributed by atoms with E-state index in [2.05, 4.69) is 38.1 Å². The summed E-state index contributed by atoms with van der Waals surface area (Å²) in [6.07, 6.45) is 9.12. The summed E-state index contributed by atoms with van der Waals surface area (Å²) in [7, 11) is 0. The van der Waals surface area contributed by atoms with Gasteiger partial charge < -0.3 is 0 Å². The van der Waals surface area contributed by atoms with Gasteiger partial charge in [0.15, 0.2) is 5.78 Å². The Kier molecular flexibility index (Phi) is 3.93. The van der Waals surface area contributed by atoms with Crippen molar-refractivity contribution in [3.05, 3.63) is 65.3 Å². The quantitative estimate of drug-likeness (QED) is 0.774. The van der Waals surface area contributed by atoms with Crippen molar-refractivity contribution in [2.24, 2.45) is 0 Å². The molecule has 1 aromatic carbocycles. The van der Waals surface area contributed by atoms with Gasteiger partial charge in [-0.1, -0.05) is 50.3 Å². The van der Waals surface area contributed by atoms with Crippen LogP contribution >= 0.6 is 0 Å². The van der Waals surface area contributed by atoms with Gasteiger partial charge in [-0.15, -0.1) is 0 Å². The second-order valence-electron chi connectivity index (χ2n) is 4.37. The Morgan fingerprint density at radius 3 is 2.28 bits per heavy atom. The van der Waals surface area contributed by atoms with Crippen LogP contribution in [0.5, 0.6) is 0 Å². The van der Waals surface area contributed by atoms with Gasteiger partial charge in [-0.25, -0.2) is 0 Å². The molecule has 92 valence electrons. The van der Waals surface area contributed by atoms with Crippen LogP contribution in [-0.4, -0.2) is 5.78 Å². The lowest BCUT2D eigenvalue weighted by molar-refractivity contribution is -0.110. The van der Waals surface area contributed by atoms with Crippen LogP contribution in [0.15, 0.2) is 54.1 Å². The Hall–Kier alpha value is -1.89. The average Bonchev–Trinajstić information content (AvgIpc) is 2.42. The first-order valence-corrected chi connectivity index (χ1v) is 6.47. The van der Waals surface area contributed by atoms with Crippen LogP contribution < -0.4 is 0 Å². The predicted molar refractivity (Wildman–Crippen MR) is 76.3 cm³/mol. The van der Waals surface area contributed by atoms with Gasteiger partial charge in [0.05, 0.1) is 0 Å². The number of allylic oxidation sites excluding steroid dienone is 6. The molecule has 0 unspecified atom stereocenters. The molecule has 0 aromatic heterocycles. The number of carbonyl (C=O) groups is 1. The molecule has 0 radical (unpaired) electrons. The number of hydrogen-bond acceptors (Lipinski definition) is 1. The molecular weight excluding hydrogens is 220 g/mol. The first kappa shape index (κ1) is 12.6. The van der Waals surface area contributed by atoms with Crippen LogP contribution in [0, 0.1) is 0 Å². The average molecular weight is 238 g/mol. The van der Waals surface area contributed by atoms with Crippen molar-refractivity contribution >= 4 is 11.4 Å². The summed E-state index contributed by atoms with van der Waals surface area (Å²) in [4.78, 5) is 11.2. The second kappa shape index (κ2) is 5.63. The third-order valence-electron chi connectivity index (χ3n) is 3.28. The summed E-state index contributed by atoms with van der Waals surface area (Å²) in [5, 5.41) is 0. The molecule has 0 amide bonds. The molecule has 0 aliphatic heterocycles. The lowest BCUT2D eigenvalue weighted by Gasteiger charge is -2.14. The topological polar surface area (TPSA) is 17.1 Å². The molecule has 0 saturated heterocycles. The lowest BCUT2D eigenvalue weighted by Crippen LogP contribution is -1.97. The summed E-state index contributed by atoms with van der Waals surface area (Å²) in [6.45, 7) is 4.33. The van der Waals surface area contributed by atoms with E-state index in [1.807, 2.05) is 12.2 Å². The van der Waals surface area contributed by atoms with Gasteiger partial charge in [-0.3, -0.25) is 4.79 Å². The molecule has 2 rings (SSSR count). The van der Waals surface area contributed by atoms with E-state index in [0.29, 0.717) is 0 Å². The van der Waals surface area contributed by atoms with E-state index in [1.165, 1.54) is 16.7 Å². The van der Waals surface area contributed by atoms with Gasteiger partial charge in [0.25, 0.3) is 0 Å². The summed E-state index contributed by atoms with van der Waals surface area (Å²) < 4.78 is 0. The number of aryl methyl sites for hydroxylation is 1. The number of benzene rings is 1. The van der Waals surface area contributed by atoms with Crippen LogP contribution in [-0.2, 0) is 11.2 Å². The predicted octanol–water partition coefficient (Wildman–Crippen LogP) is 4.11. The highest BCUT2D eigenvalue weighted by molar-refractivity contribution is 6.02. The number of carbonyl (C=O) groups excluding carboxylic acids is 1. The standard InChI is InChI=1S/C17H18O/c1-3-13-7-5-6-8-17(13)16(4-2)14-9-11-15(18)12-10-14/h5-12H,3-4H2,1-2H3. The third-order valence-corrected chi connectivity index (χ3v) is 3.28. The number of hydrogen-bond donors (Lipinski definition) is 0. The molecule has 1 aromatic rings. The zero-order chi connectivity index (χ0) is 13.0. The maximum Gasteiger partial charge on any atom is 0.178 e. The molecule has 0 N–H and O–H groups in total. The van der Waals surface area contributed by atoms with E-state index in [0.717, 1.165) is 18.4 Å². The van der Waals surface area contributed by atoms with Gasteiger partial charge in [-0.2, -0.15) is 0 Å². The molecule has 1 heteroatoms. The largest absolute Gasteiger partial charge is 0.290 e. The van der Waals surface area contributed by atoms with Crippen molar-refractivity contribution in [1.29, 1.82) is 0 Å². The van der Waals surface area contributed by atoms with Crippen molar-refractivity contribution in [2.45, 2.75) is 26.7 Å². The highest BCUT2D eigenvalue weighted by Gasteiger charge is 2.09. The molecule has 18 heavy (non-hydrogen) atoms. The molecule has 0 atom stereocenters. The second-order valence-corrected chi connectivity index (χ2v) is 4.37.